The number of ether oxygens (including phenoxy) is 3. The maximum atomic E-state index is 13.4. The Balaban J connectivity index is 1.94. The van der Waals surface area contributed by atoms with Gasteiger partial charge in [-0.3, -0.25) is 4.79 Å². The van der Waals surface area contributed by atoms with Crippen molar-refractivity contribution < 1.29 is 32.2 Å². The molecule has 1 aromatic carbocycles. The number of nitrogens with one attached hydrogen (secondary N) is 1. The van der Waals surface area contributed by atoms with Gasteiger partial charge in [-0.15, -0.1) is 0 Å². The van der Waals surface area contributed by atoms with Gasteiger partial charge < -0.3 is 24.4 Å². The van der Waals surface area contributed by atoms with Crippen LogP contribution in [0.25, 0.3) is 0 Å². The molecular formula is C24H31F3N4O4. The van der Waals surface area contributed by atoms with E-state index in [4.69, 9.17) is 14.2 Å². The van der Waals surface area contributed by atoms with Crippen molar-refractivity contribution in [2.45, 2.75) is 64.5 Å². The van der Waals surface area contributed by atoms with Gasteiger partial charge in [-0.25, -0.2) is 0 Å². The van der Waals surface area contributed by atoms with Crippen molar-refractivity contribution in [2.24, 2.45) is 0 Å². The third-order valence-corrected chi connectivity index (χ3v) is 5.54. The molecule has 1 aliphatic heterocycles. The molecule has 2 atom stereocenters. The summed E-state index contributed by atoms with van der Waals surface area (Å²) in [6.45, 7) is 6.02. The zero-order valence-corrected chi connectivity index (χ0v) is 20.3. The second-order valence-electron chi connectivity index (χ2n) is 8.38. The molecule has 3 rings (SSSR count). The molecule has 1 saturated heterocycles. The lowest BCUT2D eigenvalue weighted by Crippen LogP contribution is -2.53. The van der Waals surface area contributed by atoms with Crippen LogP contribution in [0.4, 0.5) is 13.2 Å². The van der Waals surface area contributed by atoms with Gasteiger partial charge in [-0.1, -0.05) is 30.3 Å². The summed E-state index contributed by atoms with van der Waals surface area (Å²) in [5, 5.41) is 3.32. The topological polar surface area (TPSA) is 85.8 Å². The number of methoxy groups -OCH3 is 1. The van der Waals surface area contributed by atoms with Gasteiger partial charge in [-0.2, -0.15) is 23.1 Å². The van der Waals surface area contributed by atoms with Crippen LogP contribution in [0, 0.1) is 0 Å². The Morgan fingerprint density at radius 1 is 1.20 bits per heavy atom. The van der Waals surface area contributed by atoms with Crippen LogP contribution in [0.2, 0.25) is 0 Å². The fraction of sp³-hybridized carbons (Fsp3) is 0.542. The van der Waals surface area contributed by atoms with Crippen LogP contribution in [0.1, 0.15) is 50.8 Å². The molecule has 1 fully saturated rings. The van der Waals surface area contributed by atoms with Crippen molar-refractivity contribution in [1.29, 1.82) is 0 Å². The van der Waals surface area contributed by atoms with Crippen molar-refractivity contribution in [3.63, 3.8) is 0 Å². The molecule has 0 spiro atoms. The Kier molecular flexibility index (Phi) is 8.76. The Bertz CT molecular complexity index is 989. The van der Waals surface area contributed by atoms with E-state index in [1.165, 1.54) is 7.11 Å². The molecule has 0 bridgehead atoms. The van der Waals surface area contributed by atoms with Crippen molar-refractivity contribution in [2.75, 3.05) is 20.3 Å². The summed E-state index contributed by atoms with van der Waals surface area (Å²) in [4.78, 5) is 21.8. The third-order valence-electron chi connectivity index (χ3n) is 5.54. The van der Waals surface area contributed by atoms with Crippen molar-refractivity contribution >= 4 is 5.91 Å². The minimum Gasteiger partial charge on any atom is -0.481 e. The Morgan fingerprint density at radius 3 is 2.49 bits per heavy atom. The first-order valence-corrected chi connectivity index (χ1v) is 11.6. The second kappa shape index (κ2) is 11.6. The molecule has 0 saturated carbocycles. The number of carbonyl (C=O) groups excluding carboxylic acids is 1. The summed E-state index contributed by atoms with van der Waals surface area (Å²) in [5.74, 6) is -1.34. The number of carbonyl (C=O) groups is 1. The van der Waals surface area contributed by atoms with Crippen molar-refractivity contribution in [3.05, 3.63) is 41.5 Å². The molecule has 1 aromatic heterocycles. The first-order valence-electron chi connectivity index (χ1n) is 11.6. The molecule has 1 aliphatic rings. The zero-order valence-electron chi connectivity index (χ0n) is 20.3. The smallest absolute Gasteiger partial charge is 0.471 e. The molecule has 35 heavy (non-hydrogen) atoms. The number of piperidine rings is 1. The van der Waals surface area contributed by atoms with Crippen LogP contribution in [-0.2, 0) is 11.3 Å². The van der Waals surface area contributed by atoms with Crippen LogP contribution in [-0.4, -0.2) is 59.4 Å². The summed E-state index contributed by atoms with van der Waals surface area (Å²) >= 11 is 0. The van der Waals surface area contributed by atoms with Crippen molar-refractivity contribution in [1.82, 2.24) is 20.2 Å². The number of rotatable bonds is 9. The van der Waals surface area contributed by atoms with Gasteiger partial charge in [0, 0.05) is 19.1 Å². The van der Waals surface area contributed by atoms with Crippen LogP contribution < -0.4 is 19.5 Å². The highest BCUT2D eigenvalue weighted by Gasteiger charge is 2.47. The monoisotopic (exact) mass is 496 g/mol. The minimum atomic E-state index is -4.96. The number of likely N-dealkylation sites (tertiary alicyclic amines) is 1. The number of alkyl halides is 3. The number of nitrogens with zero attached hydrogens (tertiary/aromatic N) is 3. The zero-order chi connectivity index (χ0) is 25.6. The molecule has 0 aliphatic carbocycles. The fourth-order valence-corrected chi connectivity index (χ4v) is 4.16. The van der Waals surface area contributed by atoms with E-state index >= 15 is 0 Å². The van der Waals surface area contributed by atoms with E-state index in [1.807, 2.05) is 13.8 Å². The molecule has 192 valence electrons. The summed E-state index contributed by atoms with van der Waals surface area (Å²) in [7, 11) is 1.46. The van der Waals surface area contributed by atoms with E-state index in [9.17, 15) is 18.0 Å². The lowest BCUT2D eigenvalue weighted by Gasteiger charge is -2.42. The normalized spacial score (nSPS) is 18.5. The van der Waals surface area contributed by atoms with Gasteiger partial charge >= 0.3 is 18.1 Å². The van der Waals surface area contributed by atoms with Crippen LogP contribution in [0.5, 0.6) is 17.8 Å². The molecule has 1 amide bonds. The Hall–Kier alpha value is -3.08. The quantitative estimate of drug-likeness (QED) is 0.561. The Labute approximate surface area is 202 Å². The van der Waals surface area contributed by atoms with Crippen LogP contribution >= 0.6 is 0 Å². The van der Waals surface area contributed by atoms with E-state index in [1.54, 1.807) is 37.3 Å². The lowest BCUT2D eigenvalue weighted by atomic mass is 9.90. The highest BCUT2D eigenvalue weighted by atomic mass is 19.4. The highest BCUT2D eigenvalue weighted by Crippen LogP contribution is 2.36. The van der Waals surface area contributed by atoms with Crippen LogP contribution in [0.15, 0.2) is 30.3 Å². The Morgan fingerprint density at radius 2 is 1.89 bits per heavy atom. The van der Waals surface area contributed by atoms with Crippen molar-refractivity contribution in [3.8, 4) is 17.8 Å². The maximum Gasteiger partial charge on any atom is 0.471 e. The largest absolute Gasteiger partial charge is 0.481 e. The molecule has 2 aromatic rings. The first-order chi connectivity index (χ1) is 16.7. The number of halogens is 3. The molecule has 11 heteroatoms. The average Bonchev–Trinajstić information content (AvgIpc) is 2.82. The number of aromatic nitrogens is 2. The van der Waals surface area contributed by atoms with Gasteiger partial charge in [0.1, 0.15) is 0 Å². The molecular weight excluding hydrogens is 465 g/mol. The summed E-state index contributed by atoms with van der Waals surface area (Å²) in [6, 6.07) is 7.58. The van der Waals surface area contributed by atoms with E-state index in [0.717, 1.165) is 4.90 Å². The SMILES string of the molecule is CCOc1nc(OC)c(CN[C@H]2CCCN(C(=O)C(F)(F)F)[C@H]2c2ccccc2)c(OC(C)C)n1. The molecule has 8 nitrogen and oxygen atoms in total. The summed E-state index contributed by atoms with van der Waals surface area (Å²) in [5.41, 5.74) is 1.13. The summed E-state index contributed by atoms with van der Waals surface area (Å²) in [6.07, 6.45) is -4.16. The van der Waals surface area contributed by atoms with E-state index in [-0.39, 0.29) is 37.0 Å². The molecule has 2 heterocycles. The highest BCUT2D eigenvalue weighted by molar-refractivity contribution is 5.82. The van der Waals surface area contributed by atoms with E-state index < -0.39 is 24.2 Å². The number of hydrogen-bond acceptors (Lipinski definition) is 7. The number of amides is 1. The van der Waals surface area contributed by atoms with Gasteiger partial charge in [-0.05, 0) is 39.2 Å². The molecule has 0 radical (unpaired) electrons. The van der Waals surface area contributed by atoms with Gasteiger partial charge in [0.2, 0.25) is 11.8 Å². The van der Waals surface area contributed by atoms with Crippen LogP contribution in [0.3, 0.4) is 0 Å². The average molecular weight is 497 g/mol. The van der Waals surface area contributed by atoms with Gasteiger partial charge in [0.15, 0.2) is 0 Å². The number of benzene rings is 1. The van der Waals surface area contributed by atoms with E-state index in [2.05, 4.69) is 15.3 Å². The minimum absolute atomic E-state index is 0.0211. The third kappa shape index (κ3) is 6.53. The molecule has 0 unspecified atom stereocenters. The first kappa shape index (κ1) is 26.5. The predicted octanol–water partition coefficient (Wildman–Crippen LogP) is 4.06. The fourth-order valence-electron chi connectivity index (χ4n) is 4.16. The second-order valence-corrected chi connectivity index (χ2v) is 8.38. The van der Waals surface area contributed by atoms with Gasteiger partial charge in [0.25, 0.3) is 0 Å². The maximum absolute atomic E-state index is 13.4. The summed E-state index contributed by atoms with van der Waals surface area (Å²) < 4.78 is 56.9. The van der Waals surface area contributed by atoms with Gasteiger partial charge in [0.05, 0.1) is 31.4 Å². The van der Waals surface area contributed by atoms with E-state index in [0.29, 0.717) is 30.6 Å². The lowest BCUT2D eigenvalue weighted by molar-refractivity contribution is -0.190. The standard InChI is InChI=1S/C24H31F3N4O4/c1-5-34-23-29-20(33-4)17(21(30-23)35-15(2)3)14-28-18-12-9-13-31(22(32)24(25,26)27)19(18)16-10-7-6-8-11-16/h6-8,10-11,15,18-19,28H,5,9,12-14H2,1-4H3/t18-,19-/m0/s1. The molecule has 1 N–H and O–H groups in total. The predicted molar refractivity (Wildman–Crippen MR) is 122 cm³/mol. The number of hydrogen-bond donors (Lipinski definition) is 1.